The molecule has 0 amide bonds. The minimum absolute atomic E-state index is 0.0466. The summed E-state index contributed by atoms with van der Waals surface area (Å²) in [6, 6.07) is 7.65. The molecule has 2 heterocycles. The Morgan fingerprint density at radius 1 is 1.50 bits per heavy atom. The van der Waals surface area contributed by atoms with Crippen LogP contribution in [0.4, 0.5) is 5.69 Å². The van der Waals surface area contributed by atoms with Crippen LogP contribution in [0.1, 0.15) is 19.8 Å². The van der Waals surface area contributed by atoms with Gasteiger partial charge < -0.3 is 15.0 Å². The van der Waals surface area contributed by atoms with Gasteiger partial charge in [-0.1, -0.05) is 23.6 Å². The molecule has 2 aliphatic heterocycles. The maximum absolute atomic E-state index is 11.9. The molecule has 0 aromatic heterocycles. The Labute approximate surface area is 137 Å². The molecule has 2 aliphatic rings. The van der Waals surface area contributed by atoms with Crippen molar-refractivity contribution in [1.29, 1.82) is 0 Å². The van der Waals surface area contributed by atoms with Gasteiger partial charge in [-0.25, -0.2) is 0 Å². The number of nitrogens with zero attached hydrogens (tertiary/aromatic N) is 1. The third-order valence-electron chi connectivity index (χ3n) is 4.06. The number of rotatable bonds is 5. The van der Waals surface area contributed by atoms with Crippen LogP contribution < -0.4 is 15.0 Å². The molecule has 2 fully saturated rings. The molecule has 0 bridgehead atoms. The molecular formula is C15H21N2O3S2+. The van der Waals surface area contributed by atoms with Crippen molar-refractivity contribution in [3.05, 3.63) is 24.3 Å². The van der Waals surface area contributed by atoms with Crippen LogP contribution in [0.3, 0.4) is 0 Å². The predicted molar refractivity (Wildman–Crippen MR) is 93.0 cm³/mol. The number of hydrogen-bond acceptors (Lipinski definition) is 3. The van der Waals surface area contributed by atoms with Gasteiger partial charge in [-0.15, -0.1) is 0 Å². The Hall–Kier alpha value is -1.18. The van der Waals surface area contributed by atoms with Gasteiger partial charge in [-0.2, -0.15) is 4.55 Å². The average molecular weight is 341 g/mol. The first-order chi connectivity index (χ1) is 10.5. The van der Waals surface area contributed by atoms with E-state index in [4.69, 9.17) is 17.0 Å². The van der Waals surface area contributed by atoms with Gasteiger partial charge in [-0.3, -0.25) is 0 Å². The number of thiocarbonyl (C=S) groups is 1. The van der Waals surface area contributed by atoms with Crippen LogP contribution in [0.2, 0.25) is 0 Å². The first-order valence-electron chi connectivity index (χ1n) is 7.55. The monoisotopic (exact) mass is 341 g/mol. The van der Waals surface area contributed by atoms with E-state index in [0.717, 1.165) is 24.3 Å². The molecule has 1 unspecified atom stereocenters. The van der Waals surface area contributed by atoms with E-state index in [1.807, 2.05) is 29.2 Å². The summed E-state index contributed by atoms with van der Waals surface area (Å²) in [5.74, 6) is 1.33. The van der Waals surface area contributed by atoms with E-state index < -0.39 is 10.2 Å². The molecule has 3 atom stereocenters. The summed E-state index contributed by atoms with van der Waals surface area (Å²) in [4.78, 5) is 1.95. The zero-order chi connectivity index (χ0) is 15.7. The van der Waals surface area contributed by atoms with Crippen molar-refractivity contribution in [2.24, 2.45) is 0 Å². The molecule has 22 heavy (non-hydrogen) atoms. The van der Waals surface area contributed by atoms with Crippen molar-refractivity contribution in [1.82, 2.24) is 5.32 Å². The molecule has 0 saturated carbocycles. The van der Waals surface area contributed by atoms with E-state index in [-0.39, 0.29) is 23.6 Å². The summed E-state index contributed by atoms with van der Waals surface area (Å²) in [5, 5.41) is 3.79. The maximum atomic E-state index is 11.9. The van der Waals surface area contributed by atoms with E-state index in [1.165, 1.54) is 0 Å². The largest absolute Gasteiger partial charge is 0.494 e. The second-order valence-electron chi connectivity index (χ2n) is 5.80. The third kappa shape index (κ3) is 3.11. The van der Waals surface area contributed by atoms with Crippen molar-refractivity contribution in [3.63, 3.8) is 0 Å². The van der Waals surface area contributed by atoms with Crippen molar-refractivity contribution < 1.29 is 13.5 Å². The number of ether oxygens (including phenoxy) is 1. The molecule has 7 heteroatoms. The van der Waals surface area contributed by atoms with Crippen LogP contribution in [0, 0.1) is 0 Å². The molecule has 120 valence electrons. The molecular weight excluding hydrogens is 320 g/mol. The van der Waals surface area contributed by atoms with Crippen LogP contribution in [-0.2, 0) is 14.4 Å². The molecule has 1 aromatic rings. The van der Waals surface area contributed by atoms with Crippen LogP contribution in [0.15, 0.2) is 24.3 Å². The Balaban J connectivity index is 1.79. The number of anilines is 1. The van der Waals surface area contributed by atoms with Crippen molar-refractivity contribution in [3.8, 4) is 5.75 Å². The lowest BCUT2D eigenvalue weighted by molar-refractivity contribution is 0.309. The molecule has 0 aliphatic carbocycles. The van der Waals surface area contributed by atoms with Crippen molar-refractivity contribution in [2.45, 2.75) is 31.8 Å². The third-order valence-corrected chi connectivity index (χ3v) is 6.11. The minimum Gasteiger partial charge on any atom is -0.494 e. The van der Waals surface area contributed by atoms with E-state index in [1.54, 1.807) is 0 Å². The van der Waals surface area contributed by atoms with E-state index in [2.05, 4.69) is 12.2 Å². The van der Waals surface area contributed by atoms with Gasteiger partial charge in [-0.05, 0) is 30.8 Å². The fourth-order valence-corrected chi connectivity index (χ4v) is 5.29. The topological polar surface area (TPSA) is 61.8 Å². The lowest BCUT2D eigenvalue weighted by Gasteiger charge is -2.22. The smallest absolute Gasteiger partial charge is 0.218 e. The second-order valence-corrected chi connectivity index (χ2v) is 8.40. The Kier molecular flexibility index (Phi) is 4.38. The molecule has 5 nitrogen and oxygen atoms in total. The predicted octanol–water partition coefficient (Wildman–Crippen LogP) is 2.28. The lowest BCUT2D eigenvalue weighted by Crippen LogP contribution is -2.37. The highest BCUT2D eigenvalue weighted by atomic mass is 32.3. The number of unbranched alkanes of at least 4 members (excludes halogenated alkanes) is 1. The average Bonchev–Trinajstić information content (AvgIpc) is 2.89. The van der Waals surface area contributed by atoms with Gasteiger partial charge >= 0.3 is 0 Å². The maximum Gasteiger partial charge on any atom is 0.218 e. The van der Waals surface area contributed by atoms with E-state index >= 15 is 0 Å². The minimum atomic E-state index is -2.74. The normalized spacial score (nSPS) is 30.3. The lowest BCUT2D eigenvalue weighted by atomic mass is 10.1. The number of hydrogen-bond donors (Lipinski definition) is 2. The zero-order valence-corrected chi connectivity index (χ0v) is 14.2. The summed E-state index contributed by atoms with van der Waals surface area (Å²) < 4.78 is 27.5. The summed E-state index contributed by atoms with van der Waals surface area (Å²) in [6.07, 6.45) is 2.11. The van der Waals surface area contributed by atoms with Gasteiger partial charge in [0.05, 0.1) is 6.61 Å². The summed E-state index contributed by atoms with van der Waals surface area (Å²) >= 11 is 5.40. The Morgan fingerprint density at radius 2 is 2.32 bits per heavy atom. The number of nitrogens with one attached hydrogen (secondary N) is 1. The second kappa shape index (κ2) is 6.14. The molecule has 0 spiro atoms. The Morgan fingerprint density at radius 3 is 3.09 bits per heavy atom. The fraction of sp³-hybridized carbons (Fsp3) is 0.533. The summed E-state index contributed by atoms with van der Waals surface area (Å²) in [7, 11) is -2.74. The van der Waals surface area contributed by atoms with Gasteiger partial charge in [0.15, 0.2) is 16.6 Å². The molecule has 2 N–H and O–H groups in total. The first-order valence-corrected chi connectivity index (χ1v) is 9.81. The highest BCUT2D eigenvalue weighted by Crippen LogP contribution is 2.33. The SMILES string of the molecule is CCCCOc1cccc(N2C(=S)N[C@@H]3C[S+](=O)(O)C[C@H]32)c1. The number of fused-ring (bicyclic) bond motifs is 1. The van der Waals surface area contributed by atoms with Gasteiger partial charge in [0.25, 0.3) is 0 Å². The van der Waals surface area contributed by atoms with Gasteiger partial charge in [0, 0.05) is 11.8 Å². The fourth-order valence-electron chi connectivity index (χ4n) is 2.98. The zero-order valence-electron chi connectivity index (χ0n) is 12.5. The highest BCUT2D eigenvalue weighted by molar-refractivity contribution is 7.98. The van der Waals surface area contributed by atoms with Gasteiger partial charge in [0.1, 0.15) is 17.8 Å². The summed E-state index contributed by atoms with van der Waals surface area (Å²) in [5.41, 5.74) is 0.913. The van der Waals surface area contributed by atoms with E-state index in [9.17, 15) is 8.76 Å². The molecule has 2 saturated heterocycles. The quantitative estimate of drug-likeness (QED) is 0.487. The molecule has 1 aromatic carbocycles. The van der Waals surface area contributed by atoms with Crippen molar-refractivity contribution >= 4 is 33.2 Å². The van der Waals surface area contributed by atoms with Crippen LogP contribution in [0.5, 0.6) is 5.75 Å². The summed E-state index contributed by atoms with van der Waals surface area (Å²) in [6.45, 7) is 2.82. The van der Waals surface area contributed by atoms with E-state index in [0.29, 0.717) is 11.7 Å². The van der Waals surface area contributed by atoms with Crippen LogP contribution >= 0.6 is 12.2 Å². The van der Waals surface area contributed by atoms with Crippen LogP contribution in [0.25, 0.3) is 0 Å². The van der Waals surface area contributed by atoms with Crippen LogP contribution in [-0.4, -0.2) is 39.9 Å². The molecule has 0 radical (unpaired) electrons. The standard InChI is InChI=1S/C15H20N2O3S2/c1-2-3-7-20-12-6-4-5-11(8-12)17-14-10-22(18,19)9-13(14)16-15(17)21/h4-6,8,13-14H,2-3,7,9-10H2,1H3,(H-,16,18,19,21)/p+1/t13-,14-/m1/s1. The number of benzene rings is 1. The molecule has 3 rings (SSSR count). The van der Waals surface area contributed by atoms with Crippen molar-refractivity contribution in [2.75, 3.05) is 23.0 Å². The van der Waals surface area contributed by atoms with Gasteiger partial charge in [0.2, 0.25) is 10.2 Å². The first kappa shape index (κ1) is 15.7. The Bertz CT molecular complexity index is 623. The highest BCUT2D eigenvalue weighted by Gasteiger charge is 2.54.